The Bertz CT molecular complexity index is 627. The Morgan fingerprint density at radius 3 is 2.85 bits per heavy atom. The van der Waals surface area contributed by atoms with E-state index in [-0.39, 0.29) is 12.7 Å². The van der Waals surface area contributed by atoms with Crippen molar-refractivity contribution in [3.63, 3.8) is 0 Å². The van der Waals surface area contributed by atoms with Crippen molar-refractivity contribution < 1.29 is 14.3 Å². The van der Waals surface area contributed by atoms with Crippen molar-refractivity contribution in [3.05, 3.63) is 29.5 Å². The van der Waals surface area contributed by atoms with Crippen LogP contribution in [-0.2, 0) is 4.79 Å². The summed E-state index contributed by atoms with van der Waals surface area (Å²) in [7, 11) is 1.69. The van der Waals surface area contributed by atoms with Crippen LogP contribution < -0.4 is 9.47 Å². The second-order valence-corrected chi connectivity index (χ2v) is 4.90. The first-order valence-corrected chi connectivity index (χ1v) is 6.73. The maximum atomic E-state index is 12.2. The van der Waals surface area contributed by atoms with Crippen LogP contribution in [0.15, 0.2) is 23.9 Å². The molecule has 2 aliphatic heterocycles. The zero-order valence-electron chi connectivity index (χ0n) is 11.3. The topological polar surface area (TPSA) is 42.0 Å². The Morgan fingerprint density at radius 1 is 1.35 bits per heavy atom. The van der Waals surface area contributed by atoms with Gasteiger partial charge in [-0.15, -0.1) is 0 Å². The van der Waals surface area contributed by atoms with Crippen molar-refractivity contribution in [1.82, 2.24) is 9.80 Å². The summed E-state index contributed by atoms with van der Waals surface area (Å²) in [5.74, 6) is 1.34. The van der Waals surface area contributed by atoms with Gasteiger partial charge >= 0.3 is 0 Å². The molecule has 2 aliphatic rings. The molecular weight excluding hydrogens is 276 g/mol. The summed E-state index contributed by atoms with van der Waals surface area (Å²) in [5.41, 5.74) is 1.47. The van der Waals surface area contributed by atoms with Crippen LogP contribution in [0, 0.1) is 0 Å². The molecule has 1 amide bonds. The van der Waals surface area contributed by atoms with E-state index in [4.69, 9.17) is 21.7 Å². The van der Waals surface area contributed by atoms with Gasteiger partial charge in [0.25, 0.3) is 5.91 Å². The highest BCUT2D eigenvalue weighted by atomic mass is 32.1. The molecule has 6 heteroatoms. The summed E-state index contributed by atoms with van der Waals surface area (Å²) < 4.78 is 10.6. The summed E-state index contributed by atoms with van der Waals surface area (Å²) >= 11 is 5.26. The summed E-state index contributed by atoms with van der Waals surface area (Å²) in [6, 6.07) is 5.59. The molecule has 0 N–H and O–H groups in total. The molecular formula is C14H14N2O3S. The Labute approximate surface area is 122 Å². The number of likely N-dealkylation sites (N-methyl/N-ethyl adjacent to an activating group) is 2. The molecule has 0 unspecified atom stereocenters. The van der Waals surface area contributed by atoms with Crippen LogP contribution in [0.3, 0.4) is 0 Å². The van der Waals surface area contributed by atoms with Gasteiger partial charge in [0.15, 0.2) is 16.6 Å². The first kappa shape index (κ1) is 12.9. The van der Waals surface area contributed by atoms with Crippen LogP contribution in [0.2, 0.25) is 0 Å². The lowest BCUT2D eigenvalue weighted by Crippen LogP contribution is -2.29. The number of fused-ring (bicyclic) bond motifs is 1. The van der Waals surface area contributed by atoms with E-state index in [0.717, 1.165) is 11.3 Å². The lowest BCUT2D eigenvalue weighted by molar-refractivity contribution is -0.121. The number of amides is 1. The van der Waals surface area contributed by atoms with E-state index in [1.54, 1.807) is 7.05 Å². The predicted octanol–water partition coefficient (Wildman–Crippen LogP) is 1.83. The van der Waals surface area contributed by atoms with Gasteiger partial charge in [-0.25, -0.2) is 0 Å². The quantitative estimate of drug-likeness (QED) is 0.614. The molecule has 0 bridgehead atoms. The van der Waals surface area contributed by atoms with E-state index in [1.165, 1.54) is 4.90 Å². The average Bonchev–Trinajstić information content (AvgIpc) is 2.99. The van der Waals surface area contributed by atoms with Crippen molar-refractivity contribution in [2.75, 3.05) is 20.4 Å². The van der Waals surface area contributed by atoms with Gasteiger partial charge in [0.05, 0.1) is 0 Å². The molecule has 0 radical (unpaired) electrons. The van der Waals surface area contributed by atoms with Crippen LogP contribution in [0.1, 0.15) is 12.5 Å². The van der Waals surface area contributed by atoms with Crippen molar-refractivity contribution in [3.8, 4) is 11.5 Å². The maximum Gasteiger partial charge on any atom is 0.276 e. The highest BCUT2D eigenvalue weighted by molar-refractivity contribution is 7.80. The van der Waals surface area contributed by atoms with Crippen molar-refractivity contribution in [2.24, 2.45) is 0 Å². The Balaban J connectivity index is 1.98. The van der Waals surface area contributed by atoms with Gasteiger partial charge in [0, 0.05) is 13.6 Å². The molecule has 2 heterocycles. The standard InChI is InChI=1S/C14H14N2O3S/c1-3-16-10(13(17)15(2)14(16)20)6-9-4-5-11-12(7-9)19-8-18-11/h4-7H,3,8H2,1-2H3/b10-6+. The third-order valence-corrected chi connectivity index (χ3v) is 3.84. The van der Waals surface area contributed by atoms with Crippen LogP contribution in [0.4, 0.5) is 0 Å². The minimum atomic E-state index is -0.0884. The average molecular weight is 290 g/mol. The molecule has 5 nitrogen and oxygen atoms in total. The summed E-state index contributed by atoms with van der Waals surface area (Å²) in [5, 5.41) is 0.532. The first-order valence-electron chi connectivity index (χ1n) is 6.32. The smallest absolute Gasteiger partial charge is 0.276 e. The fourth-order valence-electron chi connectivity index (χ4n) is 2.26. The molecule has 104 valence electrons. The van der Waals surface area contributed by atoms with E-state index in [0.29, 0.717) is 23.1 Å². The molecule has 0 spiro atoms. The van der Waals surface area contributed by atoms with Gasteiger partial charge in [-0.3, -0.25) is 9.69 Å². The molecule has 0 saturated carbocycles. The maximum absolute atomic E-state index is 12.2. The second kappa shape index (κ2) is 4.79. The fraction of sp³-hybridized carbons (Fsp3) is 0.286. The molecule has 20 heavy (non-hydrogen) atoms. The van der Waals surface area contributed by atoms with Gasteiger partial charge < -0.3 is 14.4 Å². The number of nitrogens with zero attached hydrogens (tertiary/aromatic N) is 2. The van der Waals surface area contributed by atoms with Gasteiger partial charge in [-0.05, 0) is 42.9 Å². The number of hydrogen-bond donors (Lipinski definition) is 0. The minimum Gasteiger partial charge on any atom is -0.454 e. The number of rotatable bonds is 2. The van der Waals surface area contributed by atoms with Crippen molar-refractivity contribution in [2.45, 2.75) is 6.92 Å². The van der Waals surface area contributed by atoms with Gasteiger partial charge in [0.2, 0.25) is 6.79 Å². The van der Waals surface area contributed by atoms with E-state index < -0.39 is 0 Å². The zero-order chi connectivity index (χ0) is 14.3. The zero-order valence-corrected chi connectivity index (χ0v) is 12.1. The summed E-state index contributed by atoms with van der Waals surface area (Å²) in [6.07, 6.45) is 1.82. The van der Waals surface area contributed by atoms with E-state index in [1.807, 2.05) is 36.1 Å². The SMILES string of the molecule is CCN1C(=S)N(C)C(=O)/C1=C\c1ccc2c(c1)OCO2. The molecule has 1 saturated heterocycles. The minimum absolute atomic E-state index is 0.0884. The largest absolute Gasteiger partial charge is 0.454 e. The van der Waals surface area contributed by atoms with E-state index in [2.05, 4.69) is 0 Å². The van der Waals surface area contributed by atoms with E-state index >= 15 is 0 Å². The number of carbonyl (C=O) groups excluding carboxylic acids is 1. The first-order chi connectivity index (χ1) is 9.61. The summed E-state index contributed by atoms with van der Waals surface area (Å²) in [4.78, 5) is 15.5. The number of ether oxygens (including phenoxy) is 2. The molecule has 0 aliphatic carbocycles. The van der Waals surface area contributed by atoms with Crippen molar-refractivity contribution >= 4 is 29.3 Å². The van der Waals surface area contributed by atoms with Crippen LogP contribution in [0.25, 0.3) is 6.08 Å². The highest BCUT2D eigenvalue weighted by Gasteiger charge is 2.34. The summed E-state index contributed by atoms with van der Waals surface area (Å²) in [6.45, 7) is 2.86. The van der Waals surface area contributed by atoms with Crippen LogP contribution >= 0.6 is 12.2 Å². The fourth-order valence-corrected chi connectivity index (χ4v) is 2.57. The third-order valence-electron chi connectivity index (χ3n) is 3.35. The normalized spacial score (nSPS) is 19.4. The lowest BCUT2D eigenvalue weighted by atomic mass is 10.1. The number of benzene rings is 1. The number of hydrogen-bond acceptors (Lipinski definition) is 4. The molecule has 1 aromatic rings. The van der Waals surface area contributed by atoms with E-state index in [9.17, 15) is 4.79 Å². The Kier molecular flexibility index (Phi) is 3.10. The van der Waals surface area contributed by atoms with Crippen molar-refractivity contribution in [1.29, 1.82) is 0 Å². The molecule has 3 rings (SSSR count). The molecule has 0 atom stereocenters. The number of thiocarbonyl (C=S) groups is 1. The monoisotopic (exact) mass is 290 g/mol. The Morgan fingerprint density at radius 2 is 2.10 bits per heavy atom. The van der Waals surface area contributed by atoms with Gasteiger partial charge in [-0.1, -0.05) is 6.07 Å². The molecule has 1 aromatic carbocycles. The highest BCUT2D eigenvalue weighted by Crippen LogP contribution is 2.33. The number of carbonyl (C=O) groups is 1. The van der Waals surface area contributed by atoms with Gasteiger partial charge in [0.1, 0.15) is 5.70 Å². The lowest BCUT2D eigenvalue weighted by Gasteiger charge is -2.15. The third kappa shape index (κ3) is 1.92. The second-order valence-electron chi connectivity index (χ2n) is 4.53. The van der Waals surface area contributed by atoms with Crippen LogP contribution in [-0.4, -0.2) is 41.2 Å². The van der Waals surface area contributed by atoms with Gasteiger partial charge in [-0.2, -0.15) is 0 Å². The predicted molar refractivity (Wildman–Crippen MR) is 78.3 cm³/mol. The van der Waals surface area contributed by atoms with Crippen LogP contribution in [0.5, 0.6) is 11.5 Å². The Hall–Kier alpha value is -2.08. The molecule has 1 fully saturated rings. The molecule has 0 aromatic heterocycles.